The van der Waals surface area contributed by atoms with E-state index in [1.165, 1.54) is 11.3 Å². The van der Waals surface area contributed by atoms with E-state index in [1.807, 2.05) is 49.4 Å². The van der Waals surface area contributed by atoms with Crippen LogP contribution in [-0.4, -0.2) is 30.9 Å². The van der Waals surface area contributed by atoms with E-state index in [0.717, 1.165) is 15.6 Å². The molecular weight excluding hydrogens is 532 g/mol. The van der Waals surface area contributed by atoms with Crippen molar-refractivity contribution in [2.24, 2.45) is 4.99 Å². The van der Waals surface area contributed by atoms with Gasteiger partial charge >= 0.3 is 5.97 Å². The van der Waals surface area contributed by atoms with Gasteiger partial charge in [-0.1, -0.05) is 57.6 Å². The largest absolute Gasteiger partial charge is 0.493 e. The molecule has 9 heteroatoms. The van der Waals surface area contributed by atoms with E-state index >= 15 is 0 Å². The van der Waals surface area contributed by atoms with Gasteiger partial charge in [-0.2, -0.15) is 0 Å². The fraction of sp³-hybridized carbons (Fsp3) is 0.269. The zero-order valence-corrected chi connectivity index (χ0v) is 22.2. The lowest BCUT2D eigenvalue weighted by molar-refractivity contribution is -0.139. The molecule has 0 saturated heterocycles. The van der Waals surface area contributed by atoms with Gasteiger partial charge in [0.15, 0.2) is 16.3 Å². The molecule has 0 spiro atoms. The summed E-state index contributed by atoms with van der Waals surface area (Å²) in [6.45, 7) is 6.13. The number of aromatic nitrogens is 1. The second-order valence-electron chi connectivity index (χ2n) is 7.67. The summed E-state index contributed by atoms with van der Waals surface area (Å²) in [5.74, 6) is 0.701. The van der Waals surface area contributed by atoms with Crippen LogP contribution in [0.2, 0.25) is 0 Å². The minimum absolute atomic E-state index is 0.231. The van der Waals surface area contributed by atoms with Crippen LogP contribution in [0, 0.1) is 0 Å². The van der Waals surface area contributed by atoms with Crippen LogP contribution < -0.4 is 24.4 Å². The molecule has 0 radical (unpaired) electrons. The molecule has 182 valence electrons. The van der Waals surface area contributed by atoms with Crippen molar-refractivity contribution in [3.63, 3.8) is 0 Å². The van der Waals surface area contributed by atoms with E-state index in [9.17, 15) is 9.59 Å². The lowest BCUT2D eigenvalue weighted by atomic mass is 9.96. The number of carbonyl (C=O) groups is 1. The quantitative estimate of drug-likeness (QED) is 0.411. The maximum atomic E-state index is 13.7. The number of rotatable bonds is 7. The number of thiazole rings is 1. The second kappa shape index (κ2) is 10.6. The average molecular weight is 557 g/mol. The normalized spacial score (nSPS) is 15.5. The van der Waals surface area contributed by atoms with E-state index in [2.05, 4.69) is 20.9 Å². The predicted molar refractivity (Wildman–Crippen MR) is 139 cm³/mol. The van der Waals surface area contributed by atoms with Crippen LogP contribution in [0.5, 0.6) is 11.5 Å². The van der Waals surface area contributed by atoms with Crippen molar-refractivity contribution < 1.29 is 19.0 Å². The number of halogens is 1. The van der Waals surface area contributed by atoms with Crippen molar-refractivity contribution in [3.05, 3.63) is 89.0 Å². The monoisotopic (exact) mass is 556 g/mol. The molecule has 7 nitrogen and oxygen atoms in total. The Hall–Kier alpha value is -3.17. The molecule has 0 N–H and O–H groups in total. The number of benzene rings is 2. The highest BCUT2D eigenvalue weighted by Gasteiger charge is 2.33. The summed E-state index contributed by atoms with van der Waals surface area (Å²) >= 11 is 4.84. The van der Waals surface area contributed by atoms with Gasteiger partial charge in [0.2, 0.25) is 0 Å². The second-order valence-corrected chi connectivity index (χ2v) is 9.53. The minimum atomic E-state index is -0.632. The van der Waals surface area contributed by atoms with Crippen LogP contribution in [0.15, 0.2) is 68.0 Å². The number of ether oxygens (including phenoxy) is 3. The Morgan fingerprint density at radius 3 is 2.57 bits per heavy atom. The van der Waals surface area contributed by atoms with Crippen LogP contribution in [0.4, 0.5) is 0 Å². The molecule has 0 amide bonds. The molecular formula is C26H25BrN2O5S. The van der Waals surface area contributed by atoms with Gasteiger partial charge in [0.25, 0.3) is 5.56 Å². The molecule has 0 bridgehead atoms. The van der Waals surface area contributed by atoms with Crippen molar-refractivity contribution in [3.8, 4) is 11.5 Å². The fourth-order valence-electron chi connectivity index (χ4n) is 3.97. The summed E-state index contributed by atoms with van der Waals surface area (Å²) < 4.78 is 19.2. The summed E-state index contributed by atoms with van der Waals surface area (Å²) in [4.78, 5) is 31.8. The van der Waals surface area contributed by atoms with Gasteiger partial charge < -0.3 is 14.2 Å². The highest BCUT2D eigenvalue weighted by atomic mass is 79.9. The highest BCUT2D eigenvalue weighted by Crippen LogP contribution is 2.34. The number of nitrogens with zero attached hydrogens (tertiary/aromatic N) is 2. The van der Waals surface area contributed by atoms with Crippen LogP contribution >= 0.6 is 27.3 Å². The third-order valence-corrected chi connectivity index (χ3v) is 7.17. The number of methoxy groups -OCH3 is 1. The Bertz CT molecular complexity index is 1470. The van der Waals surface area contributed by atoms with E-state index in [-0.39, 0.29) is 12.2 Å². The molecule has 1 aliphatic heterocycles. The van der Waals surface area contributed by atoms with E-state index < -0.39 is 12.0 Å². The zero-order valence-electron chi connectivity index (χ0n) is 19.8. The number of hydrogen-bond acceptors (Lipinski definition) is 7. The van der Waals surface area contributed by atoms with Gasteiger partial charge in [0.1, 0.15) is 0 Å². The van der Waals surface area contributed by atoms with Gasteiger partial charge in [0.05, 0.1) is 42.2 Å². The Labute approximate surface area is 215 Å². The van der Waals surface area contributed by atoms with Crippen molar-refractivity contribution >= 4 is 39.3 Å². The number of fused-ring (bicyclic) bond motifs is 1. The molecule has 1 atom stereocenters. The van der Waals surface area contributed by atoms with Gasteiger partial charge in [0, 0.05) is 4.47 Å². The van der Waals surface area contributed by atoms with Gasteiger partial charge in [-0.3, -0.25) is 9.36 Å². The molecule has 0 saturated carbocycles. The first-order valence-corrected chi connectivity index (χ1v) is 12.7. The van der Waals surface area contributed by atoms with Crippen molar-refractivity contribution in [1.29, 1.82) is 0 Å². The van der Waals surface area contributed by atoms with Crippen LogP contribution in [0.25, 0.3) is 6.08 Å². The first-order valence-electron chi connectivity index (χ1n) is 11.1. The molecule has 2 aromatic carbocycles. The SMILES string of the molecule is CCOC(=O)C1=C(C)N=c2sc(=Cc3cc(OCC)c(OC)cc3Br)c(=O)n2C1c1ccccc1. The highest BCUT2D eigenvalue weighted by molar-refractivity contribution is 9.10. The lowest BCUT2D eigenvalue weighted by Gasteiger charge is -2.24. The van der Waals surface area contributed by atoms with Crippen molar-refractivity contribution in [2.75, 3.05) is 20.3 Å². The number of hydrogen-bond donors (Lipinski definition) is 0. The summed E-state index contributed by atoms with van der Waals surface area (Å²) in [5, 5.41) is 0. The summed E-state index contributed by atoms with van der Waals surface area (Å²) in [7, 11) is 1.58. The smallest absolute Gasteiger partial charge is 0.338 e. The minimum Gasteiger partial charge on any atom is -0.493 e. The zero-order chi connectivity index (χ0) is 25.1. The molecule has 0 fully saturated rings. The fourth-order valence-corrected chi connectivity index (χ4v) is 5.45. The molecule has 1 aliphatic rings. The molecule has 4 rings (SSSR count). The van der Waals surface area contributed by atoms with Gasteiger partial charge in [-0.05, 0) is 50.1 Å². The number of allylic oxidation sites excluding steroid dienone is 1. The Kier molecular flexibility index (Phi) is 7.57. The first kappa shape index (κ1) is 24.9. The third kappa shape index (κ3) is 4.83. The maximum Gasteiger partial charge on any atom is 0.338 e. The molecule has 1 unspecified atom stereocenters. The molecule has 3 aromatic rings. The van der Waals surface area contributed by atoms with Crippen LogP contribution in [0.1, 0.15) is 37.9 Å². The maximum absolute atomic E-state index is 13.7. The van der Waals surface area contributed by atoms with E-state index in [1.54, 1.807) is 31.6 Å². The summed E-state index contributed by atoms with van der Waals surface area (Å²) in [6.07, 6.45) is 1.79. The molecule has 0 aliphatic carbocycles. The number of carbonyl (C=O) groups excluding carboxylic acids is 1. The number of esters is 1. The summed E-state index contributed by atoms with van der Waals surface area (Å²) in [6, 6.07) is 12.5. The predicted octanol–water partition coefficient (Wildman–Crippen LogP) is 3.97. The van der Waals surface area contributed by atoms with E-state index in [4.69, 9.17) is 14.2 Å². The average Bonchev–Trinajstić information content (AvgIpc) is 3.15. The van der Waals surface area contributed by atoms with E-state index in [0.29, 0.717) is 38.7 Å². The van der Waals surface area contributed by atoms with Gasteiger partial charge in [-0.25, -0.2) is 9.79 Å². The standard InChI is InChI=1S/C26H25BrN2O5S/c1-5-33-20-12-17(18(27)14-19(20)32-4)13-21-24(30)29-23(16-10-8-7-9-11-16)22(25(31)34-6-2)15(3)28-26(29)35-21/h7-14,23H,5-6H2,1-4H3. The third-order valence-electron chi connectivity index (χ3n) is 5.50. The van der Waals surface area contributed by atoms with Crippen molar-refractivity contribution in [1.82, 2.24) is 4.57 Å². The lowest BCUT2D eigenvalue weighted by Crippen LogP contribution is -2.39. The Balaban J connectivity index is 1.93. The Morgan fingerprint density at radius 1 is 1.17 bits per heavy atom. The molecule has 1 aromatic heterocycles. The first-order chi connectivity index (χ1) is 16.9. The van der Waals surface area contributed by atoms with Gasteiger partial charge in [-0.15, -0.1) is 0 Å². The Morgan fingerprint density at radius 2 is 1.91 bits per heavy atom. The van der Waals surface area contributed by atoms with Crippen LogP contribution in [-0.2, 0) is 9.53 Å². The summed E-state index contributed by atoms with van der Waals surface area (Å²) in [5.41, 5.74) is 2.23. The molecule has 2 heterocycles. The van der Waals surface area contributed by atoms with Crippen LogP contribution in [0.3, 0.4) is 0 Å². The molecule has 35 heavy (non-hydrogen) atoms. The topological polar surface area (TPSA) is 79.1 Å². The van der Waals surface area contributed by atoms with Crippen molar-refractivity contribution in [2.45, 2.75) is 26.8 Å².